The van der Waals surface area contributed by atoms with Crippen molar-refractivity contribution in [3.05, 3.63) is 29.8 Å². The van der Waals surface area contributed by atoms with Crippen molar-refractivity contribution in [2.75, 3.05) is 44.7 Å². The number of carbonyl (C=O) groups excluding carboxylic acids is 1. The van der Waals surface area contributed by atoms with Gasteiger partial charge in [0.2, 0.25) is 5.91 Å². The zero-order valence-electron chi connectivity index (χ0n) is 14.7. The van der Waals surface area contributed by atoms with Gasteiger partial charge in [0.25, 0.3) is 0 Å². The van der Waals surface area contributed by atoms with E-state index in [1.54, 1.807) is 0 Å². The Morgan fingerprint density at radius 2 is 2.08 bits per heavy atom. The molecule has 2 heterocycles. The average molecular weight is 331 g/mol. The smallest absolute Gasteiger partial charge is 0.234 e. The minimum absolute atomic E-state index is 0.0756. The number of carbonyl (C=O) groups is 1. The second-order valence-corrected chi connectivity index (χ2v) is 6.93. The molecule has 132 valence electrons. The molecule has 0 aliphatic carbocycles. The Labute approximate surface area is 145 Å². The fraction of sp³-hybridized carbons (Fsp3) is 0.632. The monoisotopic (exact) mass is 331 g/mol. The summed E-state index contributed by atoms with van der Waals surface area (Å²) < 4.78 is 5.54. The van der Waals surface area contributed by atoms with Crippen molar-refractivity contribution in [1.29, 1.82) is 0 Å². The number of anilines is 1. The third-order valence-corrected chi connectivity index (χ3v) is 4.84. The van der Waals surface area contributed by atoms with Crippen LogP contribution in [0, 0.1) is 0 Å². The standard InChI is InChI=1S/C19H29N3O2/c1-21(15-19(23)20-13-17-8-6-12-24-17)14-16-7-2-3-9-18(16)22-10-4-5-11-22/h2-3,7,9,17H,4-6,8,10-15H2,1H3,(H,20,23)/t17-/m0/s1. The van der Waals surface area contributed by atoms with Crippen LogP contribution < -0.4 is 10.2 Å². The van der Waals surface area contributed by atoms with Crippen molar-refractivity contribution in [2.24, 2.45) is 0 Å². The zero-order chi connectivity index (χ0) is 16.8. The Morgan fingerprint density at radius 1 is 1.29 bits per heavy atom. The SMILES string of the molecule is CN(CC(=O)NC[C@@H]1CCCO1)Cc1ccccc1N1CCCC1. The molecule has 0 unspecified atom stereocenters. The van der Waals surface area contributed by atoms with Crippen LogP contribution in [0.15, 0.2) is 24.3 Å². The Balaban J connectivity index is 1.49. The molecule has 1 aromatic rings. The summed E-state index contributed by atoms with van der Waals surface area (Å²) in [6.45, 7) is 4.96. The van der Waals surface area contributed by atoms with Gasteiger partial charge in [0.1, 0.15) is 0 Å². The summed E-state index contributed by atoms with van der Waals surface area (Å²) >= 11 is 0. The van der Waals surface area contributed by atoms with Crippen LogP contribution in [0.25, 0.3) is 0 Å². The first-order valence-corrected chi connectivity index (χ1v) is 9.12. The number of nitrogens with zero attached hydrogens (tertiary/aromatic N) is 2. The first-order chi connectivity index (χ1) is 11.7. The average Bonchev–Trinajstić information content (AvgIpc) is 3.27. The number of nitrogens with one attached hydrogen (secondary N) is 1. The molecule has 5 nitrogen and oxygen atoms in total. The van der Waals surface area contributed by atoms with E-state index in [4.69, 9.17) is 4.74 Å². The van der Waals surface area contributed by atoms with Gasteiger partial charge in [-0.05, 0) is 44.4 Å². The Morgan fingerprint density at radius 3 is 2.83 bits per heavy atom. The molecule has 24 heavy (non-hydrogen) atoms. The van der Waals surface area contributed by atoms with E-state index in [2.05, 4.69) is 39.4 Å². The number of rotatable bonds is 7. The lowest BCUT2D eigenvalue weighted by molar-refractivity contribution is -0.122. The molecule has 2 fully saturated rings. The van der Waals surface area contributed by atoms with Crippen molar-refractivity contribution in [1.82, 2.24) is 10.2 Å². The Hall–Kier alpha value is -1.59. The number of ether oxygens (including phenoxy) is 1. The largest absolute Gasteiger partial charge is 0.376 e. The molecule has 2 saturated heterocycles. The van der Waals surface area contributed by atoms with Crippen LogP contribution >= 0.6 is 0 Å². The Bertz CT molecular complexity index is 537. The number of hydrogen-bond acceptors (Lipinski definition) is 4. The maximum atomic E-state index is 12.1. The highest BCUT2D eigenvalue weighted by molar-refractivity contribution is 5.78. The molecule has 1 N–H and O–H groups in total. The molecule has 1 amide bonds. The number of para-hydroxylation sites is 1. The molecule has 0 saturated carbocycles. The lowest BCUT2D eigenvalue weighted by Crippen LogP contribution is -2.38. The van der Waals surface area contributed by atoms with E-state index in [1.807, 2.05) is 7.05 Å². The van der Waals surface area contributed by atoms with Crippen molar-refractivity contribution in [2.45, 2.75) is 38.3 Å². The molecule has 2 aliphatic heterocycles. The number of benzene rings is 1. The molecule has 2 aliphatic rings. The summed E-state index contributed by atoms with van der Waals surface area (Å²) in [4.78, 5) is 16.7. The molecule has 0 radical (unpaired) electrons. The number of amides is 1. The van der Waals surface area contributed by atoms with Gasteiger partial charge in [0.05, 0.1) is 12.6 Å². The summed E-state index contributed by atoms with van der Waals surface area (Å²) in [5, 5.41) is 2.99. The minimum atomic E-state index is 0.0756. The highest BCUT2D eigenvalue weighted by Crippen LogP contribution is 2.25. The third-order valence-electron chi connectivity index (χ3n) is 4.84. The molecule has 1 atom stereocenters. The van der Waals surface area contributed by atoms with Crippen molar-refractivity contribution in [3.8, 4) is 0 Å². The van der Waals surface area contributed by atoms with Crippen LogP contribution in [0.1, 0.15) is 31.2 Å². The van der Waals surface area contributed by atoms with Crippen LogP contribution in [-0.4, -0.2) is 56.7 Å². The minimum Gasteiger partial charge on any atom is -0.376 e. The topological polar surface area (TPSA) is 44.8 Å². The predicted molar refractivity (Wildman–Crippen MR) is 96.2 cm³/mol. The van der Waals surface area contributed by atoms with Crippen LogP contribution in [0.4, 0.5) is 5.69 Å². The maximum Gasteiger partial charge on any atom is 0.234 e. The normalized spacial score (nSPS) is 20.8. The lowest BCUT2D eigenvalue weighted by atomic mass is 10.1. The number of hydrogen-bond donors (Lipinski definition) is 1. The number of likely N-dealkylation sites (N-methyl/N-ethyl adjacent to an activating group) is 1. The molecule has 0 aromatic heterocycles. The van der Waals surface area contributed by atoms with E-state index in [9.17, 15) is 4.79 Å². The summed E-state index contributed by atoms with van der Waals surface area (Å²) in [7, 11) is 2.01. The summed E-state index contributed by atoms with van der Waals surface area (Å²) in [5.74, 6) is 0.0756. The molecule has 1 aromatic carbocycles. The summed E-state index contributed by atoms with van der Waals surface area (Å²) in [5.41, 5.74) is 2.62. The van der Waals surface area contributed by atoms with Gasteiger partial charge >= 0.3 is 0 Å². The van der Waals surface area contributed by atoms with Crippen molar-refractivity contribution >= 4 is 11.6 Å². The highest BCUT2D eigenvalue weighted by atomic mass is 16.5. The summed E-state index contributed by atoms with van der Waals surface area (Å²) in [6, 6.07) is 8.56. The van der Waals surface area contributed by atoms with Crippen LogP contribution in [0.5, 0.6) is 0 Å². The van der Waals surface area contributed by atoms with E-state index in [0.29, 0.717) is 13.1 Å². The second kappa shape index (κ2) is 8.49. The Kier molecular flexibility index (Phi) is 6.10. The molecule has 5 heteroatoms. The van der Waals surface area contributed by atoms with Gasteiger partial charge in [0.15, 0.2) is 0 Å². The van der Waals surface area contributed by atoms with Gasteiger partial charge < -0.3 is 15.0 Å². The van der Waals surface area contributed by atoms with E-state index in [-0.39, 0.29) is 12.0 Å². The molecule has 0 bridgehead atoms. The van der Waals surface area contributed by atoms with E-state index in [1.165, 1.54) is 24.1 Å². The van der Waals surface area contributed by atoms with Gasteiger partial charge in [-0.25, -0.2) is 0 Å². The third kappa shape index (κ3) is 4.71. The molecule has 3 rings (SSSR count). The van der Waals surface area contributed by atoms with Crippen LogP contribution in [0.2, 0.25) is 0 Å². The van der Waals surface area contributed by atoms with Crippen molar-refractivity contribution in [3.63, 3.8) is 0 Å². The quantitative estimate of drug-likeness (QED) is 0.830. The fourth-order valence-corrected chi connectivity index (χ4v) is 3.59. The van der Waals surface area contributed by atoms with Gasteiger partial charge in [-0.15, -0.1) is 0 Å². The van der Waals surface area contributed by atoms with Crippen LogP contribution in [-0.2, 0) is 16.1 Å². The van der Waals surface area contributed by atoms with E-state index < -0.39 is 0 Å². The highest BCUT2D eigenvalue weighted by Gasteiger charge is 2.18. The van der Waals surface area contributed by atoms with E-state index in [0.717, 1.165) is 39.1 Å². The lowest BCUT2D eigenvalue weighted by Gasteiger charge is -2.24. The fourth-order valence-electron chi connectivity index (χ4n) is 3.59. The zero-order valence-corrected chi connectivity index (χ0v) is 14.7. The molecular weight excluding hydrogens is 302 g/mol. The second-order valence-electron chi connectivity index (χ2n) is 6.93. The maximum absolute atomic E-state index is 12.1. The van der Waals surface area contributed by atoms with E-state index >= 15 is 0 Å². The van der Waals surface area contributed by atoms with Crippen molar-refractivity contribution < 1.29 is 9.53 Å². The van der Waals surface area contributed by atoms with Crippen LogP contribution in [0.3, 0.4) is 0 Å². The summed E-state index contributed by atoms with van der Waals surface area (Å²) in [6.07, 6.45) is 4.91. The first-order valence-electron chi connectivity index (χ1n) is 9.12. The van der Waals surface area contributed by atoms with Gasteiger partial charge in [-0.1, -0.05) is 18.2 Å². The molecule has 0 spiro atoms. The molecular formula is C19H29N3O2. The first kappa shape index (κ1) is 17.2. The van der Waals surface area contributed by atoms with Gasteiger partial charge in [-0.2, -0.15) is 0 Å². The van der Waals surface area contributed by atoms with Gasteiger partial charge in [0, 0.05) is 38.5 Å². The predicted octanol–water partition coefficient (Wildman–Crippen LogP) is 2.01. The van der Waals surface area contributed by atoms with Gasteiger partial charge in [-0.3, -0.25) is 9.69 Å².